The van der Waals surface area contributed by atoms with Crippen molar-refractivity contribution in [3.05, 3.63) is 58.3 Å². The van der Waals surface area contributed by atoms with E-state index >= 15 is 8.78 Å². The van der Waals surface area contributed by atoms with Crippen molar-refractivity contribution in [2.24, 2.45) is 11.3 Å². The summed E-state index contributed by atoms with van der Waals surface area (Å²) in [5.74, 6) is -4.20. The fourth-order valence-electron chi connectivity index (χ4n) is 6.61. The number of nitrogen functional groups attached to an aromatic ring is 2. The minimum Gasteiger partial charge on any atom is -0.463 e. The molecule has 17 heteroatoms. The Labute approximate surface area is 292 Å². The molecule has 10 nitrogen and oxygen atoms in total. The Kier molecular flexibility index (Phi) is 9.59. The maximum absolute atomic E-state index is 16.9. The van der Waals surface area contributed by atoms with Crippen LogP contribution in [-0.4, -0.2) is 64.6 Å². The van der Waals surface area contributed by atoms with Gasteiger partial charge < -0.3 is 26.4 Å². The van der Waals surface area contributed by atoms with Gasteiger partial charge in [0.25, 0.3) is 0 Å². The van der Waals surface area contributed by atoms with Crippen LogP contribution in [0.4, 0.5) is 38.6 Å². The molecule has 0 amide bonds. The van der Waals surface area contributed by atoms with Crippen LogP contribution in [0.5, 0.6) is 6.01 Å². The number of nitriles is 1. The number of ether oxygens (including phenoxy) is 1. The maximum Gasteiger partial charge on any atom is 0.319 e. The lowest BCUT2D eigenvalue weighted by Crippen LogP contribution is -2.51. The van der Waals surface area contributed by atoms with Crippen molar-refractivity contribution >= 4 is 60.6 Å². The topological polar surface area (TPSA) is 152 Å². The third-order valence-corrected chi connectivity index (χ3v) is 10.5. The number of likely N-dealkylation sites (tertiary alicyclic amines) is 1. The monoisotopic (exact) mass is 731 g/mol. The Morgan fingerprint density at radius 2 is 1.96 bits per heavy atom. The molecule has 3 atom stereocenters. The van der Waals surface area contributed by atoms with E-state index < -0.39 is 46.3 Å². The van der Waals surface area contributed by atoms with Crippen LogP contribution in [-0.2, 0) is 0 Å². The van der Waals surface area contributed by atoms with E-state index in [1.807, 2.05) is 24.9 Å². The summed E-state index contributed by atoms with van der Waals surface area (Å²) in [5.41, 5.74) is 10.1. The number of thiophene rings is 1. The number of benzene rings is 2. The number of piperidine rings is 1. The Hall–Kier alpha value is -4.59. The smallest absolute Gasteiger partial charge is 0.319 e. The van der Waals surface area contributed by atoms with Crippen LogP contribution in [0.2, 0.25) is 5.02 Å². The summed E-state index contributed by atoms with van der Waals surface area (Å²) in [6.45, 7) is 4.30. The summed E-state index contributed by atoms with van der Waals surface area (Å²) >= 11 is 7.37. The molecule has 262 valence electrons. The van der Waals surface area contributed by atoms with Gasteiger partial charge in [-0.1, -0.05) is 25.4 Å². The van der Waals surface area contributed by atoms with E-state index in [0.717, 1.165) is 0 Å². The van der Waals surface area contributed by atoms with Crippen LogP contribution in [0.25, 0.3) is 32.1 Å². The summed E-state index contributed by atoms with van der Waals surface area (Å²) < 4.78 is 81.5. The van der Waals surface area contributed by atoms with Gasteiger partial charge in [0.1, 0.15) is 46.2 Å². The predicted molar refractivity (Wildman–Crippen MR) is 183 cm³/mol. The second-order valence-corrected chi connectivity index (χ2v) is 14.2. The number of rotatable bonds is 9. The molecular formula is C33H31ClF5N9OS. The first-order chi connectivity index (χ1) is 23.7. The first-order valence-corrected chi connectivity index (χ1v) is 16.6. The van der Waals surface area contributed by atoms with Crippen LogP contribution >= 0.6 is 22.9 Å². The summed E-state index contributed by atoms with van der Waals surface area (Å²) in [7, 11) is 1.82. The van der Waals surface area contributed by atoms with Gasteiger partial charge in [-0.15, -0.1) is 11.3 Å². The molecular weight excluding hydrogens is 701 g/mol. The van der Waals surface area contributed by atoms with Crippen molar-refractivity contribution in [3.8, 4) is 23.2 Å². The highest BCUT2D eigenvalue weighted by Gasteiger charge is 2.44. The molecule has 5 N–H and O–H groups in total. The normalized spacial score (nSPS) is 18.9. The van der Waals surface area contributed by atoms with Crippen LogP contribution in [0.15, 0.2) is 24.7 Å². The average Bonchev–Trinajstić information content (AvgIpc) is 3.40. The number of hydrogen-bond acceptors (Lipinski definition) is 11. The molecule has 3 aromatic heterocycles. The molecule has 0 unspecified atom stereocenters. The van der Waals surface area contributed by atoms with E-state index in [-0.39, 0.29) is 79.7 Å². The number of nitrogens with zero attached hydrogens (tertiary/aromatic N) is 6. The van der Waals surface area contributed by atoms with Crippen molar-refractivity contribution in [1.29, 1.82) is 5.26 Å². The van der Waals surface area contributed by atoms with Crippen molar-refractivity contribution in [2.75, 3.05) is 50.1 Å². The molecule has 2 aromatic carbocycles. The molecule has 1 aliphatic heterocycles. The van der Waals surface area contributed by atoms with Gasteiger partial charge in [0.05, 0.1) is 21.9 Å². The molecule has 1 fully saturated rings. The Morgan fingerprint density at radius 3 is 2.66 bits per heavy atom. The van der Waals surface area contributed by atoms with E-state index in [2.05, 4.69) is 25.3 Å². The van der Waals surface area contributed by atoms with E-state index in [1.165, 1.54) is 12.4 Å². The lowest BCUT2D eigenvalue weighted by atomic mass is 9.73. The van der Waals surface area contributed by atoms with E-state index in [9.17, 15) is 18.4 Å². The van der Waals surface area contributed by atoms with E-state index in [0.29, 0.717) is 36.1 Å². The Balaban J connectivity index is 1.50. The molecule has 1 saturated heterocycles. The van der Waals surface area contributed by atoms with Crippen molar-refractivity contribution < 1.29 is 26.7 Å². The third-order valence-electron chi connectivity index (χ3n) is 9.18. The maximum atomic E-state index is 16.9. The van der Waals surface area contributed by atoms with Crippen LogP contribution in [0.3, 0.4) is 0 Å². The number of nitrogens with one attached hydrogen (secondary N) is 1. The van der Waals surface area contributed by atoms with E-state index in [4.69, 9.17) is 27.8 Å². The average molecular weight is 732 g/mol. The SMILES string of the molecule is C[C@@H](CNc1nc(OC[C@@]2(C)CN(C)CC[C@H]2C(F)F)nc2c(F)c(-c3c(F)cc(F)c4sc(N)c(C#N)c34)c(Cl)cc12)c1cncnc1N. The first-order valence-electron chi connectivity index (χ1n) is 15.4. The number of halogens is 6. The molecule has 0 aliphatic carbocycles. The van der Waals surface area contributed by atoms with Gasteiger partial charge in [0.15, 0.2) is 5.82 Å². The van der Waals surface area contributed by atoms with Crippen LogP contribution in [0.1, 0.15) is 37.3 Å². The van der Waals surface area contributed by atoms with Gasteiger partial charge >= 0.3 is 6.01 Å². The minimum atomic E-state index is -2.60. The number of nitrogens with two attached hydrogens (primary N) is 2. The summed E-state index contributed by atoms with van der Waals surface area (Å²) in [6, 6.07) is 3.38. The first kappa shape index (κ1) is 35.2. The number of alkyl halides is 2. The molecule has 0 radical (unpaired) electrons. The Morgan fingerprint density at radius 1 is 1.20 bits per heavy atom. The number of hydrogen-bond donors (Lipinski definition) is 3. The zero-order chi connectivity index (χ0) is 36.1. The zero-order valence-electron chi connectivity index (χ0n) is 27.0. The second kappa shape index (κ2) is 13.6. The van der Waals surface area contributed by atoms with Gasteiger partial charge in [-0.2, -0.15) is 15.2 Å². The second-order valence-electron chi connectivity index (χ2n) is 12.7. The lowest BCUT2D eigenvalue weighted by molar-refractivity contribution is -0.0679. The van der Waals surface area contributed by atoms with Crippen molar-refractivity contribution in [3.63, 3.8) is 0 Å². The van der Waals surface area contributed by atoms with Crippen LogP contribution < -0.4 is 21.5 Å². The molecule has 4 heterocycles. The van der Waals surface area contributed by atoms with Gasteiger partial charge in [-0.3, -0.25) is 0 Å². The summed E-state index contributed by atoms with van der Waals surface area (Å²) in [4.78, 5) is 18.7. The van der Waals surface area contributed by atoms with Gasteiger partial charge in [0, 0.05) is 70.1 Å². The largest absolute Gasteiger partial charge is 0.463 e. The van der Waals surface area contributed by atoms with Crippen molar-refractivity contribution in [2.45, 2.75) is 32.6 Å². The lowest BCUT2D eigenvalue weighted by Gasteiger charge is -2.44. The standard InChI is InChI=1S/C33H31ClF5N9OS/c1-14(17-10-43-13-45-29(17)41)9-44-31-15-6-19(34)23(24-20(35)7-21(36)27-22(24)16(8-40)30(42)50-27)25(37)26(15)46-32(47-31)49-12-33(2)11-48(3)5-4-18(33)28(38)39/h6-7,10,13-14,18,28H,4-5,9,11-12,42H2,1-3H3,(H2,41,43,45)(H,44,46,47)/t14-,18-,33+/m0/s1. The molecule has 0 saturated carbocycles. The highest BCUT2D eigenvalue weighted by molar-refractivity contribution is 7.23. The molecule has 0 bridgehead atoms. The molecule has 1 aliphatic rings. The van der Waals surface area contributed by atoms with Gasteiger partial charge in [0.2, 0.25) is 6.43 Å². The number of fused-ring (bicyclic) bond motifs is 2. The molecule has 5 aromatic rings. The predicted octanol–water partition coefficient (Wildman–Crippen LogP) is 7.23. The van der Waals surface area contributed by atoms with Crippen LogP contribution in [0, 0.1) is 40.1 Å². The summed E-state index contributed by atoms with van der Waals surface area (Å²) in [5, 5.41) is 12.4. The molecule has 0 spiro atoms. The third kappa shape index (κ3) is 6.29. The molecule has 50 heavy (non-hydrogen) atoms. The fourth-order valence-corrected chi connectivity index (χ4v) is 7.82. The Bertz CT molecular complexity index is 2160. The zero-order valence-corrected chi connectivity index (χ0v) is 28.6. The quantitative estimate of drug-likeness (QED) is 0.133. The minimum absolute atomic E-state index is 0.0677. The summed E-state index contributed by atoms with van der Waals surface area (Å²) in [6.07, 6.45) is 0.524. The van der Waals surface area contributed by atoms with Gasteiger partial charge in [-0.05, 0) is 26.1 Å². The van der Waals surface area contributed by atoms with Crippen molar-refractivity contribution in [1.82, 2.24) is 24.8 Å². The van der Waals surface area contributed by atoms with Gasteiger partial charge in [-0.25, -0.2) is 31.9 Å². The highest BCUT2D eigenvalue weighted by atomic mass is 35.5. The molecule has 6 rings (SSSR count). The van der Waals surface area contributed by atoms with E-state index in [1.54, 1.807) is 13.1 Å². The number of aromatic nitrogens is 4. The number of anilines is 3. The fraction of sp³-hybridized carbons (Fsp3) is 0.364. The highest BCUT2D eigenvalue weighted by Crippen LogP contribution is 2.47.